The van der Waals surface area contributed by atoms with Gasteiger partial charge in [-0.1, -0.05) is 6.92 Å². The van der Waals surface area contributed by atoms with Crippen LogP contribution < -0.4 is 0 Å². The first kappa shape index (κ1) is 11.6. The molecular weight excluding hydrogens is 176 g/mol. The van der Waals surface area contributed by atoms with Crippen LogP contribution in [0.25, 0.3) is 0 Å². The van der Waals surface area contributed by atoms with Crippen molar-refractivity contribution in [3.63, 3.8) is 0 Å². The smallest absolute Gasteiger partial charge is 0.155 e. The van der Waals surface area contributed by atoms with Gasteiger partial charge in [-0.15, -0.1) is 0 Å². The van der Waals surface area contributed by atoms with Crippen molar-refractivity contribution in [1.29, 1.82) is 0 Å². The van der Waals surface area contributed by atoms with E-state index in [1.54, 1.807) is 27.7 Å². The first-order valence-corrected chi connectivity index (χ1v) is 5.53. The molecule has 1 unspecified atom stereocenters. The van der Waals surface area contributed by atoms with E-state index in [0.717, 1.165) is 0 Å². The minimum absolute atomic E-state index is 0.0556. The fourth-order valence-electron chi connectivity index (χ4n) is 0.635. The molecule has 0 aromatic carbocycles. The second-order valence-electron chi connectivity index (χ2n) is 4.01. The quantitative estimate of drug-likeness (QED) is 0.628. The molecule has 0 aliphatic rings. The highest BCUT2D eigenvalue weighted by Gasteiger charge is 2.30. The molecule has 0 amide bonds. The van der Waals surface area contributed by atoms with Crippen LogP contribution in [0, 0.1) is 5.92 Å². The molecule has 3 nitrogen and oxygen atoms in total. The second-order valence-corrected chi connectivity index (χ2v) is 6.79. The van der Waals surface area contributed by atoms with Crippen LogP contribution in [0.15, 0.2) is 0 Å². The average molecular weight is 192 g/mol. The molecule has 0 bridgehead atoms. The lowest BCUT2D eigenvalue weighted by molar-refractivity contribution is -0.110. The van der Waals surface area contributed by atoms with Crippen molar-refractivity contribution in [3.05, 3.63) is 0 Å². The van der Waals surface area contributed by atoms with E-state index in [2.05, 4.69) is 0 Å². The number of rotatable bonds is 3. The Bertz CT molecular complexity index is 246. The Hall–Kier alpha value is -0.380. The van der Waals surface area contributed by atoms with E-state index in [4.69, 9.17) is 0 Å². The lowest BCUT2D eigenvalue weighted by Gasteiger charge is -2.19. The van der Waals surface area contributed by atoms with Crippen molar-refractivity contribution in [2.24, 2.45) is 5.92 Å². The van der Waals surface area contributed by atoms with Crippen molar-refractivity contribution >= 4 is 16.1 Å². The van der Waals surface area contributed by atoms with Crippen LogP contribution in [0.5, 0.6) is 0 Å². The van der Waals surface area contributed by atoms with E-state index < -0.39 is 20.5 Å². The highest BCUT2D eigenvalue weighted by atomic mass is 32.2. The van der Waals surface area contributed by atoms with Gasteiger partial charge in [-0.05, 0) is 20.8 Å². The lowest BCUT2D eigenvalue weighted by Crippen LogP contribution is -2.32. The standard InChI is InChI=1S/C8H16O3S/c1-7(5-9)6-12(10,11)8(2,3)4/h5,7H,6H2,1-4H3. The fraction of sp³-hybridized carbons (Fsp3) is 0.875. The second kappa shape index (κ2) is 3.56. The van der Waals surface area contributed by atoms with Crippen LogP contribution in [0.4, 0.5) is 0 Å². The molecule has 0 aliphatic heterocycles. The van der Waals surface area contributed by atoms with E-state index >= 15 is 0 Å². The summed E-state index contributed by atoms with van der Waals surface area (Å²) in [6.07, 6.45) is 0.670. The topological polar surface area (TPSA) is 51.2 Å². The zero-order valence-electron chi connectivity index (χ0n) is 7.99. The third-order valence-electron chi connectivity index (χ3n) is 1.65. The van der Waals surface area contributed by atoms with Gasteiger partial charge in [0, 0.05) is 5.92 Å². The third-order valence-corrected chi connectivity index (χ3v) is 4.48. The molecule has 0 fully saturated rings. The number of hydrogen-bond acceptors (Lipinski definition) is 3. The maximum atomic E-state index is 11.5. The Balaban J connectivity index is 4.57. The van der Waals surface area contributed by atoms with E-state index in [0.29, 0.717) is 6.29 Å². The van der Waals surface area contributed by atoms with Gasteiger partial charge in [0.05, 0.1) is 10.5 Å². The molecule has 0 N–H and O–H groups in total. The minimum atomic E-state index is -3.14. The molecule has 72 valence electrons. The molecule has 0 aromatic heterocycles. The first-order valence-electron chi connectivity index (χ1n) is 3.88. The summed E-state index contributed by atoms with van der Waals surface area (Å²) in [4.78, 5) is 10.2. The zero-order chi connectivity index (χ0) is 9.99. The summed E-state index contributed by atoms with van der Waals surface area (Å²) in [5.74, 6) is -0.464. The third kappa shape index (κ3) is 2.93. The van der Waals surface area contributed by atoms with Crippen LogP contribution in [0.3, 0.4) is 0 Å². The molecular formula is C8H16O3S. The molecule has 0 heterocycles. The van der Waals surface area contributed by atoms with Crippen LogP contribution in [-0.2, 0) is 14.6 Å². The van der Waals surface area contributed by atoms with Crippen molar-refractivity contribution in [1.82, 2.24) is 0 Å². The number of sulfone groups is 1. The van der Waals surface area contributed by atoms with E-state index in [1.807, 2.05) is 0 Å². The highest BCUT2D eigenvalue weighted by molar-refractivity contribution is 7.92. The predicted octanol–water partition coefficient (Wildman–Crippen LogP) is 1.03. The summed E-state index contributed by atoms with van der Waals surface area (Å²) in [6, 6.07) is 0. The molecule has 0 saturated carbocycles. The van der Waals surface area contributed by atoms with Gasteiger partial charge in [-0.25, -0.2) is 8.42 Å². The summed E-state index contributed by atoms with van der Waals surface area (Å²) in [7, 11) is -3.14. The number of hydrogen-bond donors (Lipinski definition) is 0. The Morgan fingerprint density at radius 2 is 1.75 bits per heavy atom. The summed E-state index contributed by atoms with van der Waals surface area (Å²) in [6.45, 7) is 6.52. The summed E-state index contributed by atoms with van der Waals surface area (Å²) < 4.78 is 22.2. The predicted molar refractivity (Wildman–Crippen MR) is 48.8 cm³/mol. The summed E-state index contributed by atoms with van der Waals surface area (Å²) in [5, 5.41) is 0. The summed E-state index contributed by atoms with van der Waals surface area (Å²) in [5.41, 5.74) is 0. The van der Waals surface area contributed by atoms with Gasteiger partial charge in [-0.2, -0.15) is 0 Å². The van der Waals surface area contributed by atoms with Crippen LogP contribution in [0.1, 0.15) is 27.7 Å². The summed E-state index contributed by atoms with van der Waals surface area (Å²) >= 11 is 0. The molecule has 0 aromatic rings. The maximum Gasteiger partial charge on any atom is 0.155 e. The van der Waals surface area contributed by atoms with Crippen LogP contribution >= 0.6 is 0 Å². The number of carbonyl (C=O) groups is 1. The van der Waals surface area contributed by atoms with E-state index in [1.165, 1.54) is 0 Å². The van der Waals surface area contributed by atoms with Gasteiger partial charge < -0.3 is 4.79 Å². The maximum absolute atomic E-state index is 11.5. The molecule has 0 rings (SSSR count). The van der Waals surface area contributed by atoms with Crippen LogP contribution in [-0.4, -0.2) is 25.2 Å². The van der Waals surface area contributed by atoms with Gasteiger partial charge in [0.15, 0.2) is 9.84 Å². The Labute approximate surface area is 74.1 Å². The minimum Gasteiger partial charge on any atom is -0.303 e. The zero-order valence-corrected chi connectivity index (χ0v) is 8.81. The van der Waals surface area contributed by atoms with Gasteiger partial charge in [-0.3, -0.25) is 0 Å². The molecule has 0 aliphatic carbocycles. The van der Waals surface area contributed by atoms with Gasteiger partial charge in [0.2, 0.25) is 0 Å². The Morgan fingerprint density at radius 1 is 1.33 bits per heavy atom. The Kier molecular flexibility index (Phi) is 3.45. The van der Waals surface area contributed by atoms with Gasteiger partial charge in [0.1, 0.15) is 6.29 Å². The molecule has 0 saturated heterocycles. The molecule has 0 radical (unpaired) electrons. The molecule has 1 atom stereocenters. The normalized spacial score (nSPS) is 15.7. The van der Waals surface area contributed by atoms with Crippen molar-refractivity contribution in [2.45, 2.75) is 32.4 Å². The largest absolute Gasteiger partial charge is 0.303 e. The Morgan fingerprint density at radius 3 is 2.00 bits per heavy atom. The monoisotopic (exact) mass is 192 g/mol. The SMILES string of the molecule is CC(C=O)CS(=O)(=O)C(C)(C)C. The number of carbonyl (C=O) groups excluding carboxylic acids is 1. The number of aldehydes is 1. The van der Waals surface area contributed by atoms with Crippen LogP contribution in [0.2, 0.25) is 0 Å². The average Bonchev–Trinajstić information content (AvgIpc) is 1.84. The molecule has 12 heavy (non-hydrogen) atoms. The fourth-order valence-corrected chi connectivity index (χ4v) is 1.91. The van der Waals surface area contributed by atoms with Gasteiger partial charge >= 0.3 is 0 Å². The lowest BCUT2D eigenvalue weighted by atomic mass is 10.2. The highest BCUT2D eigenvalue weighted by Crippen LogP contribution is 2.17. The van der Waals surface area contributed by atoms with Crippen molar-refractivity contribution < 1.29 is 13.2 Å². The van der Waals surface area contributed by atoms with E-state index in [9.17, 15) is 13.2 Å². The molecule has 0 spiro atoms. The molecule has 4 heteroatoms. The van der Waals surface area contributed by atoms with Gasteiger partial charge in [0.25, 0.3) is 0 Å². The van der Waals surface area contributed by atoms with Crippen molar-refractivity contribution in [2.75, 3.05) is 5.75 Å². The van der Waals surface area contributed by atoms with E-state index in [-0.39, 0.29) is 5.75 Å². The van der Waals surface area contributed by atoms with Crippen molar-refractivity contribution in [3.8, 4) is 0 Å². The first-order chi connectivity index (χ1) is 5.20.